The molecule has 1 heterocycles. The number of aromatic nitrogens is 3. The first-order valence-electron chi connectivity index (χ1n) is 4.64. The van der Waals surface area contributed by atoms with Gasteiger partial charge in [-0.05, 0) is 12.8 Å². The van der Waals surface area contributed by atoms with E-state index in [4.69, 9.17) is 0 Å². The van der Waals surface area contributed by atoms with E-state index in [1.165, 1.54) is 0 Å². The number of rotatable bonds is 2. The molecule has 0 N–H and O–H groups in total. The predicted octanol–water partition coefficient (Wildman–Crippen LogP) is 2.45. The van der Waals surface area contributed by atoms with Crippen molar-refractivity contribution in [3.8, 4) is 0 Å². The van der Waals surface area contributed by atoms with E-state index in [0.29, 0.717) is 5.92 Å². The van der Waals surface area contributed by atoms with Crippen LogP contribution in [0.3, 0.4) is 0 Å². The molecule has 0 fully saturated rings. The van der Waals surface area contributed by atoms with Crippen molar-refractivity contribution in [3.63, 3.8) is 0 Å². The van der Waals surface area contributed by atoms with E-state index in [1.54, 1.807) is 4.80 Å². The maximum Gasteiger partial charge on any atom is 0.0852 e. The molecule has 0 aromatic carbocycles. The van der Waals surface area contributed by atoms with Gasteiger partial charge in [-0.15, -0.1) is 0 Å². The fourth-order valence-electron chi connectivity index (χ4n) is 0.728. The summed E-state index contributed by atoms with van der Waals surface area (Å²) in [6, 6.07) is 0. The van der Waals surface area contributed by atoms with E-state index in [9.17, 15) is 0 Å². The maximum atomic E-state index is 4.23. The molecule has 3 heteroatoms. The summed E-state index contributed by atoms with van der Waals surface area (Å²) in [5.41, 5.74) is 1.07. The molecule has 3 nitrogen and oxygen atoms in total. The minimum atomic E-state index is 0.486. The summed E-state index contributed by atoms with van der Waals surface area (Å²) in [5, 5.41) is 8.30. The molecule has 0 aliphatic heterocycles. The summed E-state index contributed by atoms with van der Waals surface area (Å²) in [4.78, 5) is 1.70. The van der Waals surface area contributed by atoms with E-state index < -0.39 is 0 Å². The van der Waals surface area contributed by atoms with Gasteiger partial charge in [0.05, 0.1) is 18.4 Å². The van der Waals surface area contributed by atoms with Crippen LogP contribution >= 0.6 is 0 Å². The zero-order valence-electron chi connectivity index (χ0n) is 8.70. The summed E-state index contributed by atoms with van der Waals surface area (Å²) in [6.07, 6.45) is 1.83. The van der Waals surface area contributed by atoms with Crippen LogP contribution in [-0.4, -0.2) is 15.0 Å². The van der Waals surface area contributed by atoms with Crippen LogP contribution in [0.1, 0.15) is 46.2 Å². The summed E-state index contributed by atoms with van der Waals surface area (Å²) >= 11 is 0. The highest BCUT2D eigenvalue weighted by molar-refractivity contribution is 4.96. The van der Waals surface area contributed by atoms with Crippen LogP contribution < -0.4 is 0 Å². The van der Waals surface area contributed by atoms with Gasteiger partial charge in [-0.3, -0.25) is 0 Å². The van der Waals surface area contributed by atoms with Crippen molar-refractivity contribution >= 4 is 0 Å². The third-order valence-corrected chi connectivity index (χ3v) is 1.43. The van der Waals surface area contributed by atoms with Crippen LogP contribution in [0.5, 0.6) is 0 Å². The highest BCUT2D eigenvalue weighted by Crippen LogP contribution is 2.07. The number of nitrogens with zero attached hydrogens (tertiary/aromatic N) is 3. The first kappa shape index (κ1) is 11.1. The normalized spacial score (nSPS) is 9.50. The Morgan fingerprint density at radius 2 is 2.00 bits per heavy atom. The fourth-order valence-corrected chi connectivity index (χ4v) is 0.728. The molecule has 1 aromatic heterocycles. The molecule has 70 valence electrons. The Hall–Kier alpha value is -0.860. The Labute approximate surface area is 74.8 Å². The van der Waals surface area contributed by atoms with E-state index in [1.807, 2.05) is 27.0 Å². The van der Waals surface area contributed by atoms with Crippen LogP contribution in [0.2, 0.25) is 0 Å². The molecule has 0 spiro atoms. The highest BCUT2D eigenvalue weighted by Gasteiger charge is 2.02. The topological polar surface area (TPSA) is 30.7 Å². The molecule has 1 aromatic rings. The lowest BCUT2D eigenvalue weighted by molar-refractivity contribution is 0.560. The minimum Gasteiger partial charge on any atom is -0.185 e. The standard InChI is InChI=1S/C7H13N3.C2H6/c1-4-10-8-5-7(9-10)6(2)3;1-2/h5-6H,4H2,1-3H3;1-2H3. The second-order valence-electron chi connectivity index (χ2n) is 2.61. The van der Waals surface area contributed by atoms with E-state index in [2.05, 4.69) is 24.0 Å². The minimum absolute atomic E-state index is 0.486. The predicted molar refractivity (Wildman–Crippen MR) is 51.1 cm³/mol. The van der Waals surface area contributed by atoms with Crippen molar-refractivity contribution in [1.82, 2.24) is 15.0 Å². The fraction of sp³-hybridized carbons (Fsp3) is 0.778. The molecule has 0 unspecified atom stereocenters. The third kappa shape index (κ3) is 3.03. The summed E-state index contributed by atoms with van der Waals surface area (Å²) in [5.74, 6) is 0.486. The Morgan fingerprint density at radius 3 is 2.25 bits per heavy atom. The van der Waals surface area contributed by atoms with Gasteiger partial charge < -0.3 is 0 Å². The summed E-state index contributed by atoms with van der Waals surface area (Å²) in [7, 11) is 0. The first-order chi connectivity index (χ1) is 5.74. The van der Waals surface area contributed by atoms with Crippen LogP contribution in [0.15, 0.2) is 6.20 Å². The molecule has 0 aliphatic carbocycles. The van der Waals surface area contributed by atoms with Gasteiger partial charge >= 0.3 is 0 Å². The van der Waals surface area contributed by atoms with Crippen molar-refractivity contribution in [2.24, 2.45) is 0 Å². The molecule has 12 heavy (non-hydrogen) atoms. The van der Waals surface area contributed by atoms with Crippen LogP contribution in [0.4, 0.5) is 0 Å². The smallest absolute Gasteiger partial charge is 0.0852 e. The summed E-state index contributed by atoms with van der Waals surface area (Å²) < 4.78 is 0. The van der Waals surface area contributed by atoms with E-state index in [-0.39, 0.29) is 0 Å². The maximum absolute atomic E-state index is 4.23. The quantitative estimate of drug-likeness (QED) is 0.680. The molecular formula is C9H19N3. The lowest BCUT2D eigenvalue weighted by atomic mass is 10.2. The lowest BCUT2D eigenvalue weighted by Gasteiger charge is -1.95. The Kier molecular flexibility index (Phi) is 5.34. The molecule has 0 saturated carbocycles. The third-order valence-electron chi connectivity index (χ3n) is 1.43. The molecule has 0 aliphatic rings. The molecule has 1 rings (SSSR count). The van der Waals surface area contributed by atoms with Crippen molar-refractivity contribution < 1.29 is 0 Å². The van der Waals surface area contributed by atoms with Crippen molar-refractivity contribution in [2.75, 3.05) is 0 Å². The second-order valence-corrected chi connectivity index (χ2v) is 2.61. The second kappa shape index (κ2) is 5.75. The highest BCUT2D eigenvalue weighted by atomic mass is 15.5. The Balaban J connectivity index is 0.000000561. The van der Waals surface area contributed by atoms with Crippen LogP contribution in [0, 0.1) is 0 Å². The van der Waals surface area contributed by atoms with Crippen molar-refractivity contribution in [3.05, 3.63) is 11.9 Å². The van der Waals surface area contributed by atoms with Gasteiger partial charge in [0.1, 0.15) is 0 Å². The average molecular weight is 169 g/mol. The SMILES string of the molecule is CC.CCn1ncc(C(C)C)n1. The number of hydrogen-bond acceptors (Lipinski definition) is 2. The van der Waals surface area contributed by atoms with Gasteiger partial charge in [-0.25, -0.2) is 0 Å². The average Bonchev–Trinajstić information content (AvgIpc) is 2.55. The van der Waals surface area contributed by atoms with Crippen molar-refractivity contribution in [2.45, 2.75) is 47.1 Å². The van der Waals surface area contributed by atoms with Crippen LogP contribution in [-0.2, 0) is 6.54 Å². The van der Waals surface area contributed by atoms with Gasteiger partial charge in [-0.2, -0.15) is 15.0 Å². The van der Waals surface area contributed by atoms with Crippen molar-refractivity contribution in [1.29, 1.82) is 0 Å². The van der Waals surface area contributed by atoms with Gasteiger partial charge in [0.15, 0.2) is 0 Å². The zero-order chi connectivity index (χ0) is 9.56. The summed E-state index contributed by atoms with van der Waals surface area (Å²) in [6.45, 7) is 11.1. The van der Waals surface area contributed by atoms with Gasteiger partial charge in [0.25, 0.3) is 0 Å². The molecule has 0 atom stereocenters. The largest absolute Gasteiger partial charge is 0.185 e. The van der Waals surface area contributed by atoms with Gasteiger partial charge in [-0.1, -0.05) is 27.7 Å². The Bertz CT molecular complexity index is 203. The molecule has 0 bridgehead atoms. The molecule has 0 saturated heterocycles. The number of aryl methyl sites for hydroxylation is 1. The van der Waals surface area contributed by atoms with E-state index >= 15 is 0 Å². The zero-order valence-corrected chi connectivity index (χ0v) is 8.70. The molecule has 0 radical (unpaired) electrons. The van der Waals surface area contributed by atoms with E-state index in [0.717, 1.165) is 12.2 Å². The first-order valence-corrected chi connectivity index (χ1v) is 4.64. The van der Waals surface area contributed by atoms with Crippen LogP contribution in [0.25, 0.3) is 0 Å². The van der Waals surface area contributed by atoms with Gasteiger partial charge in [0, 0.05) is 0 Å². The Morgan fingerprint density at radius 1 is 1.42 bits per heavy atom. The monoisotopic (exact) mass is 169 g/mol. The molecular weight excluding hydrogens is 150 g/mol. The van der Waals surface area contributed by atoms with Gasteiger partial charge in [0.2, 0.25) is 0 Å². The molecule has 0 amide bonds. The lowest BCUT2D eigenvalue weighted by Crippen LogP contribution is -1.99. The number of hydrogen-bond donors (Lipinski definition) is 0.